The summed E-state index contributed by atoms with van der Waals surface area (Å²) in [4.78, 5) is 45.1. The molecule has 0 fully saturated rings. The number of nitrogens with one attached hydrogen (secondary N) is 2. The van der Waals surface area contributed by atoms with E-state index in [1.54, 1.807) is 23.1 Å². The minimum absolute atomic E-state index is 0.0378. The molecule has 11 nitrogen and oxygen atoms in total. The topological polar surface area (TPSA) is 128 Å². The predicted molar refractivity (Wildman–Crippen MR) is 144 cm³/mol. The van der Waals surface area contributed by atoms with Crippen LogP contribution in [0.15, 0.2) is 18.2 Å². The Morgan fingerprint density at radius 1 is 0.974 bits per heavy atom. The van der Waals surface area contributed by atoms with Gasteiger partial charge in [-0.25, -0.2) is 4.79 Å². The second-order valence-corrected chi connectivity index (χ2v) is 9.91. The Bertz CT molecular complexity index is 1530. The molecule has 1 aromatic heterocycles. The van der Waals surface area contributed by atoms with E-state index in [1.807, 2.05) is 6.92 Å². The number of aromatic amines is 1. The van der Waals surface area contributed by atoms with Gasteiger partial charge in [-0.2, -0.15) is 0 Å². The lowest BCUT2D eigenvalue weighted by Gasteiger charge is -2.34. The maximum atomic E-state index is 14.0. The molecule has 0 spiro atoms. The third kappa shape index (κ3) is 3.75. The Labute approximate surface area is 225 Å². The molecule has 39 heavy (non-hydrogen) atoms. The number of carbonyl (C=O) groups excluding carboxylic acids is 3. The van der Waals surface area contributed by atoms with Gasteiger partial charge in [0.15, 0.2) is 17.0 Å². The molecule has 2 N–H and O–H groups in total. The minimum atomic E-state index is -1.60. The summed E-state index contributed by atoms with van der Waals surface area (Å²) in [7, 11) is 7.27. The fourth-order valence-corrected chi connectivity index (χ4v) is 5.59. The Morgan fingerprint density at radius 2 is 1.67 bits per heavy atom. The lowest BCUT2D eigenvalue weighted by Crippen LogP contribution is -2.47. The molecule has 0 aliphatic carbocycles. The number of ketones is 1. The largest absolute Gasteiger partial charge is 0.494 e. The number of nitrogens with zero attached hydrogens (tertiary/aromatic N) is 1. The summed E-state index contributed by atoms with van der Waals surface area (Å²) in [5.74, 6) is 0.263. The summed E-state index contributed by atoms with van der Waals surface area (Å²) in [6.07, 6.45) is 0.547. The number of ether oxygens (including phenoxy) is 5. The number of fused-ring (bicyclic) bond motifs is 4. The maximum absolute atomic E-state index is 14.0. The molecule has 2 aliphatic heterocycles. The van der Waals surface area contributed by atoms with Gasteiger partial charge < -0.3 is 38.9 Å². The molecule has 2 aromatic carbocycles. The average Bonchev–Trinajstić information content (AvgIpc) is 3.49. The van der Waals surface area contributed by atoms with Crippen molar-refractivity contribution in [2.45, 2.75) is 25.8 Å². The van der Waals surface area contributed by atoms with Gasteiger partial charge >= 0.3 is 5.97 Å². The lowest BCUT2D eigenvalue weighted by molar-refractivity contribution is -0.143. The molecule has 2 atom stereocenters. The highest BCUT2D eigenvalue weighted by molar-refractivity contribution is 6.26. The van der Waals surface area contributed by atoms with Crippen LogP contribution in [0.25, 0.3) is 10.9 Å². The van der Waals surface area contributed by atoms with Crippen molar-refractivity contribution in [3.63, 3.8) is 0 Å². The average molecular weight is 538 g/mol. The highest BCUT2D eigenvalue weighted by atomic mass is 16.5. The van der Waals surface area contributed by atoms with E-state index in [4.69, 9.17) is 23.7 Å². The van der Waals surface area contributed by atoms with E-state index < -0.39 is 17.3 Å². The SMILES string of the molecule is COC(=O)[C@]1(C)Nc2c(OC)cc3c(c2C1=O)C[C@H](C)CN3C(=O)c1cc2cc(OC)c(OC)c(OC)c2[nH]1. The van der Waals surface area contributed by atoms with Crippen molar-refractivity contribution in [2.75, 3.05) is 52.3 Å². The molecule has 11 heteroatoms. The van der Waals surface area contributed by atoms with Gasteiger partial charge in [-0.3, -0.25) is 9.59 Å². The van der Waals surface area contributed by atoms with Crippen molar-refractivity contribution in [1.82, 2.24) is 4.98 Å². The van der Waals surface area contributed by atoms with Crippen molar-refractivity contribution in [3.8, 4) is 23.0 Å². The Balaban J connectivity index is 1.65. The normalized spacial score (nSPS) is 19.7. The lowest BCUT2D eigenvalue weighted by atomic mass is 9.85. The highest BCUT2D eigenvalue weighted by Crippen LogP contribution is 2.48. The molecule has 1 amide bonds. The second kappa shape index (κ2) is 9.40. The van der Waals surface area contributed by atoms with Crippen LogP contribution in [-0.4, -0.2) is 70.3 Å². The monoisotopic (exact) mass is 537 g/mol. The van der Waals surface area contributed by atoms with Crippen molar-refractivity contribution in [1.29, 1.82) is 0 Å². The van der Waals surface area contributed by atoms with Crippen LogP contribution in [0.3, 0.4) is 0 Å². The number of hydrogen-bond acceptors (Lipinski definition) is 9. The van der Waals surface area contributed by atoms with Gasteiger partial charge in [0.05, 0.1) is 58.0 Å². The van der Waals surface area contributed by atoms with Crippen LogP contribution in [0.1, 0.15) is 40.3 Å². The zero-order valence-corrected chi connectivity index (χ0v) is 22.9. The van der Waals surface area contributed by atoms with Crippen LogP contribution in [0, 0.1) is 5.92 Å². The van der Waals surface area contributed by atoms with Gasteiger partial charge in [0.1, 0.15) is 11.4 Å². The summed E-state index contributed by atoms with van der Waals surface area (Å²) in [6, 6.07) is 5.23. The molecule has 3 aromatic rings. The minimum Gasteiger partial charge on any atom is -0.494 e. The number of Topliss-reactive ketones (excluding diaryl/α,β-unsaturated/α-hetero) is 1. The number of hydrogen-bond donors (Lipinski definition) is 2. The predicted octanol–water partition coefficient (Wildman–Crippen LogP) is 3.58. The molecule has 0 saturated carbocycles. The number of esters is 1. The molecular weight excluding hydrogens is 506 g/mol. The Kier molecular flexibility index (Phi) is 6.32. The number of anilines is 2. The van der Waals surface area contributed by atoms with Crippen LogP contribution >= 0.6 is 0 Å². The first-order valence-corrected chi connectivity index (χ1v) is 12.4. The summed E-state index contributed by atoms with van der Waals surface area (Å²) in [5.41, 5.74) is 1.31. The van der Waals surface area contributed by atoms with Gasteiger partial charge in [-0.05, 0) is 37.0 Å². The second-order valence-electron chi connectivity index (χ2n) is 9.91. The molecular formula is C28H31N3O8. The smallest absolute Gasteiger partial charge is 0.339 e. The van der Waals surface area contributed by atoms with Crippen molar-refractivity contribution in [3.05, 3.63) is 35.0 Å². The van der Waals surface area contributed by atoms with Gasteiger partial charge in [0, 0.05) is 18.0 Å². The number of aromatic nitrogens is 1. The molecule has 5 rings (SSSR count). The van der Waals surface area contributed by atoms with E-state index in [-0.39, 0.29) is 11.8 Å². The van der Waals surface area contributed by atoms with Crippen LogP contribution in [0.5, 0.6) is 23.0 Å². The number of methoxy groups -OCH3 is 5. The molecule has 0 radical (unpaired) electrons. The van der Waals surface area contributed by atoms with Gasteiger partial charge in [0.25, 0.3) is 5.91 Å². The molecule has 0 unspecified atom stereocenters. The van der Waals surface area contributed by atoms with E-state index in [0.717, 1.165) is 0 Å². The number of carbonyl (C=O) groups is 3. The third-order valence-corrected chi connectivity index (χ3v) is 7.48. The fraction of sp³-hybridized carbons (Fsp3) is 0.393. The van der Waals surface area contributed by atoms with Crippen LogP contribution in [-0.2, 0) is 16.0 Å². The van der Waals surface area contributed by atoms with Crippen molar-refractivity contribution < 1.29 is 38.1 Å². The first-order chi connectivity index (χ1) is 18.6. The van der Waals surface area contributed by atoms with Gasteiger partial charge in [-0.15, -0.1) is 0 Å². The summed E-state index contributed by atoms with van der Waals surface area (Å²) < 4.78 is 27.0. The van der Waals surface area contributed by atoms with E-state index in [9.17, 15) is 14.4 Å². The fourth-order valence-electron chi connectivity index (χ4n) is 5.59. The first kappa shape index (κ1) is 26.2. The zero-order valence-electron chi connectivity index (χ0n) is 22.9. The highest BCUT2D eigenvalue weighted by Gasteiger charge is 2.52. The Hall–Kier alpha value is -4.41. The molecule has 206 valence electrons. The maximum Gasteiger partial charge on any atom is 0.339 e. The number of benzene rings is 2. The van der Waals surface area contributed by atoms with Crippen molar-refractivity contribution in [2.24, 2.45) is 5.92 Å². The number of amides is 1. The molecule has 0 bridgehead atoms. The zero-order chi connectivity index (χ0) is 28.2. The van der Waals surface area contributed by atoms with E-state index in [0.29, 0.717) is 75.1 Å². The van der Waals surface area contributed by atoms with Crippen LogP contribution < -0.4 is 29.2 Å². The first-order valence-electron chi connectivity index (χ1n) is 12.4. The van der Waals surface area contributed by atoms with E-state index >= 15 is 0 Å². The summed E-state index contributed by atoms with van der Waals surface area (Å²) in [6.45, 7) is 3.92. The van der Waals surface area contributed by atoms with Crippen LogP contribution in [0.2, 0.25) is 0 Å². The number of rotatable bonds is 6. The summed E-state index contributed by atoms with van der Waals surface area (Å²) >= 11 is 0. The number of H-pyrrole nitrogens is 1. The van der Waals surface area contributed by atoms with Crippen molar-refractivity contribution >= 4 is 39.9 Å². The van der Waals surface area contributed by atoms with E-state index in [1.165, 1.54) is 42.5 Å². The van der Waals surface area contributed by atoms with Crippen LogP contribution in [0.4, 0.5) is 11.4 Å². The van der Waals surface area contributed by atoms with Gasteiger partial charge in [-0.1, -0.05) is 6.92 Å². The quantitative estimate of drug-likeness (QED) is 0.358. The Morgan fingerprint density at radius 3 is 2.28 bits per heavy atom. The van der Waals surface area contributed by atoms with E-state index in [2.05, 4.69) is 10.3 Å². The molecule has 0 saturated heterocycles. The summed E-state index contributed by atoms with van der Waals surface area (Å²) in [5, 5.41) is 3.73. The molecule has 3 heterocycles. The molecule has 2 aliphatic rings. The standard InChI is InChI=1S/C28H31N3O8/c1-13-8-15-17(11-18(35-3)22-20(15)25(32)28(2,30-22)27(34)39-7)31(12-13)26(33)16-9-14-10-19(36-4)23(37-5)24(38-6)21(14)29-16/h9-11,13,29-30H,8,12H2,1-7H3/t13-,28+/m0/s1. The third-order valence-electron chi connectivity index (χ3n) is 7.48. The van der Waals surface area contributed by atoms with Gasteiger partial charge in [0.2, 0.25) is 11.5 Å².